The molecule has 8 heteroatoms. The van der Waals surface area contributed by atoms with Gasteiger partial charge in [0, 0.05) is 38.3 Å². The van der Waals surface area contributed by atoms with Crippen LogP contribution < -0.4 is 5.56 Å². The van der Waals surface area contributed by atoms with E-state index in [4.69, 9.17) is 0 Å². The lowest BCUT2D eigenvalue weighted by atomic mass is 9.96. The molecule has 1 N–H and O–H groups in total. The van der Waals surface area contributed by atoms with Crippen LogP contribution in [0.25, 0.3) is 10.6 Å². The molecule has 7 nitrogen and oxygen atoms in total. The maximum Gasteiger partial charge on any atom is 0.257 e. The molecule has 0 spiro atoms. The molecule has 0 aromatic carbocycles. The summed E-state index contributed by atoms with van der Waals surface area (Å²) in [6, 6.07) is 5.42. The van der Waals surface area contributed by atoms with E-state index < -0.39 is 0 Å². The molecule has 1 saturated heterocycles. The first-order valence-corrected chi connectivity index (χ1v) is 9.41. The van der Waals surface area contributed by atoms with Crippen molar-refractivity contribution in [2.45, 2.75) is 18.8 Å². The van der Waals surface area contributed by atoms with Crippen LogP contribution in [0, 0.1) is 0 Å². The lowest BCUT2D eigenvalue weighted by molar-refractivity contribution is 0.0704. The minimum absolute atomic E-state index is 0.0250. The van der Waals surface area contributed by atoms with Crippen molar-refractivity contribution >= 4 is 17.2 Å². The Morgan fingerprint density at radius 2 is 2.31 bits per heavy atom. The van der Waals surface area contributed by atoms with Crippen LogP contribution in [0.5, 0.6) is 0 Å². The number of aromatic nitrogens is 4. The maximum atomic E-state index is 12.7. The van der Waals surface area contributed by atoms with Gasteiger partial charge in [0.2, 0.25) is 0 Å². The number of likely N-dealkylation sites (tertiary alicyclic amines) is 1. The van der Waals surface area contributed by atoms with Crippen LogP contribution in [-0.2, 0) is 7.05 Å². The Morgan fingerprint density at radius 3 is 3.04 bits per heavy atom. The SMILES string of the molecule is Cn1cc(C(=O)N2CCCC(c3nc(-c4cccs4)cc(=O)[nH]3)C2)cn1. The summed E-state index contributed by atoms with van der Waals surface area (Å²) in [6.45, 7) is 1.25. The van der Waals surface area contributed by atoms with Gasteiger partial charge in [0.1, 0.15) is 5.82 Å². The predicted molar refractivity (Wildman–Crippen MR) is 99.3 cm³/mol. The summed E-state index contributed by atoms with van der Waals surface area (Å²) < 4.78 is 1.62. The number of carbonyl (C=O) groups is 1. The molecule has 134 valence electrons. The molecule has 1 atom stereocenters. The summed E-state index contributed by atoms with van der Waals surface area (Å²) in [7, 11) is 1.79. The molecule has 0 aliphatic carbocycles. The number of thiophene rings is 1. The smallest absolute Gasteiger partial charge is 0.257 e. The van der Waals surface area contributed by atoms with Gasteiger partial charge < -0.3 is 9.88 Å². The molecule has 4 heterocycles. The number of hydrogen-bond acceptors (Lipinski definition) is 5. The van der Waals surface area contributed by atoms with Gasteiger partial charge in [-0.15, -0.1) is 11.3 Å². The Balaban J connectivity index is 1.58. The molecule has 1 fully saturated rings. The highest BCUT2D eigenvalue weighted by molar-refractivity contribution is 7.13. The van der Waals surface area contributed by atoms with Crippen LogP contribution in [-0.4, -0.2) is 43.6 Å². The van der Waals surface area contributed by atoms with Crippen LogP contribution in [0.3, 0.4) is 0 Å². The molecular weight excluding hydrogens is 350 g/mol. The lowest BCUT2D eigenvalue weighted by Crippen LogP contribution is -2.39. The zero-order valence-electron chi connectivity index (χ0n) is 14.4. The third-order valence-electron chi connectivity index (χ3n) is 4.58. The van der Waals surface area contributed by atoms with Crippen LogP contribution in [0.2, 0.25) is 0 Å². The van der Waals surface area contributed by atoms with Gasteiger partial charge >= 0.3 is 0 Å². The van der Waals surface area contributed by atoms with E-state index in [1.807, 2.05) is 22.4 Å². The third kappa shape index (κ3) is 3.32. The number of nitrogens with zero attached hydrogens (tertiary/aromatic N) is 4. The van der Waals surface area contributed by atoms with E-state index in [0.717, 1.165) is 17.7 Å². The topological polar surface area (TPSA) is 83.9 Å². The van der Waals surface area contributed by atoms with E-state index in [2.05, 4.69) is 15.1 Å². The van der Waals surface area contributed by atoms with E-state index in [-0.39, 0.29) is 17.4 Å². The van der Waals surface area contributed by atoms with Gasteiger partial charge in [0.15, 0.2) is 0 Å². The van der Waals surface area contributed by atoms with E-state index in [1.54, 1.807) is 35.5 Å². The zero-order chi connectivity index (χ0) is 18.1. The van der Waals surface area contributed by atoms with Gasteiger partial charge in [-0.05, 0) is 24.3 Å². The summed E-state index contributed by atoms with van der Waals surface area (Å²) in [5.41, 5.74) is 1.12. The monoisotopic (exact) mass is 369 g/mol. The largest absolute Gasteiger partial charge is 0.338 e. The molecule has 26 heavy (non-hydrogen) atoms. The van der Waals surface area contributed by atoms with Gasteiger partial charge in [-0.2, -0.15) is 5.10 Å². The average Bonchev–Trinajstić information content (AvgIpc) is 3.32. The summed E-state index contributed by atoms with van der Waals surface area (Å²) in [5.74, 6) is 0.654. The number of rotatable bonds is 3. The van der Waals surface area contributed by atoms with Crippen molar-refractivity contribution in [2.75, 3.05) is 13.1 Å². The van der Waals surface area contributed by atoms with Gasteiger partial charge in [0.05, 0.1) is 22.3 Å². The van der Waals surface area contributed by atoms with Gasteiger partial charge in [0.25, 0.3) is 11.5 Å². The first-order chi connectivity index (χ1) is 12.6. The molecule has 1 aliphatic heterocycles. The van der Waals surface area contributed by atoms with E-state index in [0.29, 0.717) is 30.2 Å². The van der Waals surface area contributed by atoms with Gasteiger partial charge in [-0.1, -0.05) is 6.07 Å². The molecule has 1 unspecified atom stereocenters. The summed E-state index contributed by atoms with van der Waals surface area (Å²) in [6.07, 6.45) is 5.09. The number of hydrogen-bond donors (Lipinski definition) is 1. The maximum absolute atomic E-state index is 12.7. The van der Waals surface area contributed by atoms with Crippen LogP contribution >= 0.6 is 11.3 Å². The fraction of sp³-hybridized carbons (Fsp3) is 0.333. The molecular formula is C18H19N5O2S. The Hall–Kier alpha value is -2.74. The van der Waals surface area contributed by atoms with Crippen molar-refractivity contribution in [2.24, 2.45) is 7.05 Å². The minimum Gasteiger partial charge on any atom is -0.338 e. The van der Waals surface area contributed by atoms with Crippen LogP contribution in [0.4, 0.5) is 0 Å². The predicted octanol–water partition coefficient (Wildman–Crippen LogP) is 2.25. The van der Waals surface area contributed by atoms with Crippen LogP contribution in [0.1, 0.15) is 34.9 Å². The second-order valence-electron chi connectivity index (χ2n) is 6.49. The molecule has 0 radical (unpaired) electrons. The van der Waals surface area contributed by atoms with Crippen molar-refractivity contribution < 1.29 is 4.79 Å². The minimum atomic E-state index is -0.158. The van der Waals surface area contributed by atoms with E-state index in [1.165, 1.54) is 6.07 Å². The normalized spacial score (nSPS) is 17.4. The Morgan fingerprint density at radius 1 is 1.42 bits per heavy atom. The number of amides is 1. The summed E-state index contributed by atoms with van der Waals surface area (Å²) >= 11 is 1.56. The quantitative estimate of drug-likeness (QED) is 0.767. The van der Waals surface area contributed by atoms with E-state index in [9.17, 15) is 9.59 Å². The van der Waals surface area contributed by atoms with Gasteiger partial charge in [-0.3, -0.25) is 14.3 Å². The number of aromatic amines is 1. The first kappa shape index (κ1) is 16.7. The number of carbonyl (C=O) groups excluding carboxylic acids is 1. The molecule has 0 saturated carbocycles. The first-order valence-electron chi connectivity index (χ1n) is 8.53. The molecule has 1 amide bonds. The molecule has 4 rings (SSSR count). The number of nitrogens with one attached hydrogen (secondary N) is 1. The highest BCUT2D eigenvalue weighted by Gasteiger charge is 2.27. The highest BCUT2D eigenvalue weighted by atomic mass is 32.1. The molecule has 3 aromatic rings. The van der Waals surface area contributed by atoms with Crippen molar-refractivity contribution in [3.63, 3.8) is 0 Å². The Kier molecular flexibility index (Phi) is 4.42. The average molecular weight is 369 g/mol. The van der Waals surface area contributed by atoms with E-state index >= 15 is 0 Å². The molecule has 0 bridgehead atoms. The molecule has 3 aromatic heterocycles. The molecule has 1 aliphatic rings. The standard InChI is InChI=1S/C18H19N5O2S/c1-22-10-13(9-19-22)18(25)23-6-2-4-12(11-23)17-20-14(8-16(24)21-17)15-5-3-7-26-15/h3,5,7-10,12H,2,4,6,11H2,1H3,(H,20,21,24). The highest BCUT2D eigenvalue weighted by Crippen LogP contribution is 2.27. The lowest BCUT2D eigenvalue weighted by Gasteiger charge is -2.32. The van der Waals surface area contributed by atoms with Crippen molar-refractivity contribution in [3.05, 3.63) is 57.7 Å². The summed E-state index contributed by atoms with van der Waals surface area (Å²) in [5, 5.41) is 6.04. The van der Waals surface area contributed by atoms with Crippen molar-refractivity contribution in [3.8, 4) is 10.6 Å². The Labute approximate surface area is 154 Å². The fourth-order valence-corrected chi connectivity index (χ4v) is 4.01. The number of H-pyrrole nitrogens is 1. The second-order valence-corrected chi connectivity index (χ2v) is 7.43. The summed E-state index contributed by atoms with van der Waals surface area (Å²) in [4.78, 5) is 35.1. The zero-order valence-corrected chi connectivity index (χ0v) is 15.2. The third-order valence-corrected chi connectivity index (χ3v) is 5.47. The van der Waals surface area contributed by atoms with Crippen molar-refractivity contribution in [1.29, 1.82) is 0 Å². The van der Waals surface area contributed by atoms with Crippen molar-refractivity contribution in [1.82, 2.24) is 24.6 Å². The number of aryl methyl sites for hydroxylation is 1. The number of piperidine rings is 1. The Bertz CT molecular complexity index is 976. The van der Waals surface area contributed by atoms with Gasteiger partial charge in [-0.25, -0.2) is 4.98 Å². The van der Waals surface area contributed by atoms with Crippen LogP contribution in [0.15, 0.2) is 40.8 Å². The fourth-order valence-electron chi connectivity index (χ4n) is 3.32. The second kappa shape index (κ2) is 6.87.